The number of hydrogen-bond acceptors (Lipinski definition) is 3. The Hall–Kier alpha value is -2.94. The molecule has 4 rings (SSSR count). The summed E-state index contributed by atoms with van der Waals surface area (Å²) in [6.45, 7) is 0. The first-order valence-corrected chi connectivity index (χ1v) is 7.71. The third kappa shape index (κ3) is 2.13. The molecule has 3 aromatic rings. The van der Waals surface area contributed by atoms with E-state index < -0.39 is 0 Å². The lowest BCUT2D eigenvalue weighted by atomic mass is 9.94. The molecule has 0 aromatic heterocycles. The fraction of sp³-hybridized carbons (Fsp3) is 0.100. The van der Waals surface area contributed by atoms with Gasteiger partial charge in [-0.3, -0.25) is 4.79 Å². The first-order valence-electron chi connectivity index (χ1n) is 7.71. The van der Waals surface area contributed by atoms with Gasteiger partial charge < -0.3 is 5.84 Å². The number of benzene rings is 3. The van der Waals surface area contributed by atoms with Gasteiger partial charge in [0.05, 0.1) is 0 Å². The summed E-state index contributed by atoms with van der Waals surface area (Å²) in [6, 6.07) is 19.5. The molecule has 0 heterocycles. The minimum Gasteiger partial charge on any atom is -0.323 e. The van der Waals surface area contributed by atoms with Gasteiger partial charge in [0, 0.05) is 11.1 Å². The predicted molar refractivity (Wildman–Crippen MR) is 92.9 cm³/mol. The molecule has 23 heavy (non-hydrogen) atoms. The van der Waals surface area contributed by atoms with Crippen molar-refractivity contribution in [1.29, 1.82) is 0 Å². The van der Waals surface area contributed by atoms with Gasteiger partial charge in [0.25, 0.3) is 0 Å². The fourth-order valence-corrected chi connectivity index (χ4v) is 3.43. The molecule has 0 aliphatic heterocycles. The summed E-state index contributed by atoms with van der Waals surface area (Å²) in [5.41, 5.74) is 4.34. The van der Waals surface area contributed by atoms with E-state index in [1.807, 2.05) is 48.5 Å². The van der Waals surface area contributed by atoms with E-state index in [1.54, 1.807) is 0 Å². The monoisotopic (exact) mass is 300 g/mol. The van der Waals surface area contributed by atoms with Gasteiger partial charge in [-0.1, -0.05) is 60.7 Å². The number of ketones is 1. The molecule has 1 aliphatic carbocycles. The van der Waals surface area contributed by atoms with Crippen LogP contribution >= 0.6 is 0 Å². The SMILES string of the molecule is N/N=C(\C(=O)c1ccc2c3c(cccc13)CC2)c1ccccc1. The van der Waals surface area contributed by atoms with E-state index in [-0.39, 0.29) is 5.78 Å². The van der Waals surface area contributed by atoms with Crippen LogP contribution < -0.4 is 5.84 Å². The van der Waals surface area contributed by atoms with E-state index in [0.29, 0.717) is 11.3 Å². The van der Waals surface area contributed by atoms with Gasteiger partial charge in [0.1, 0.15) is 5.71 Å². The number of nitrogens with two attached hydrogens (primary N) is 1. The van der Waals surface area contributed by atoms with E-state index >= 15 is 0 Å². The lowest BCUT2D eigenvalue weighted by Gasteiger charge is -2.10. The lowest BCUT2D eigenvalue weighted by Crippen LogP contribution is -2.18. The number of carbonyl (C=O) groups excluding carboxylic acids is 1. The Labute approximate surface area is 134 Å². The predicted octanol–water partition coefficient (Wildman–Crippen LogP) is 3.48. The summed E-state index contributed by atoms with van der Waals surface area (Å²) in [5, 5.41) is 5.99. The molecule has 0 amide bonds. The number of carbonyl (C=O) groups is 1. The fourth-order valence-electron chi connectivity index (χ4n) is 3.43. The Morgan fingerprint density at radius 1 is 0.870 bits per heavy atom. The molecule has 0 bridgehead atoms. The quantitative estimate of drug-likeness (QED) is 0.348. The molecule has 112 valence electrons. The van der Waals surface area contributed by atoms with Gasteiger partial charge in [0.15, 0.2) is 0 Å². The zero-order chi connectivity index (χ0) is 15.8. The van der Waals surface area contributed by atoms with Crippen molar-refractivity contribution in [1.82, 2.24) is 0 Å². The first-order chi connectivity index (χ1) is 11.3. The van der Waals surface area contributed by atoms with Crippen molar-refractivity contribution in [2.75, 3.05) is 0 Å². The normalized spacial score (nSPS) is 13.5. The molecule has 0 unspecified atom stereocenters. The standard InChI is InChI=1S/C20H16N2O/c21-22-19(15-5-2-1-3-6-15)20(23)17-12-11-14-10-9-13-7-4-8-16(17)18(13)14/h1-8,11-12H,9-10,21H2/b22-19-. The average Bonchev–Trinajstić information content (AvgIpc) is 3.02. The third-order valence-corrected chi connectivity index (χ3v) is 4.51. The Balaban J connectivity index is 1.89. The second-order valence-electron chi connectivity index (χ2n) is 5.78. The molecule has 2 N–H and O–H groups in total. The molecular formula is C20H16N2O. The van der Waals surface area contributed by atoms with E-state index in [2.05, 4.69) is 17.2 Å². The van der Waals surface area contributed by atoms with Gasteiger partial charge in [0.2, 0.25) is 5.78 Å². The Bertz CT molecular complexity index is 932. The molecule has 0 spiro atoms. The van der Waals surface area contributed by atoms with Crippen LogP contribution in [0.1, 0.15) is 27.0 Å². The van der Waals surface area contributed by atoms with Gasteiger partial charge in [-0.2, -0.15) is 5.10 Å². The molecular weight excluding hydrogens is 284 g/mol. The maximum Gasteiger partial charge on any atom is 0.214 e. The van der Waals surface area contributed by atoms with Crippen LogP contribution in [0.15, 0.2) is 65.8 Å². The smallest absolute Gasteiger partial charge is 0.214 e. The summed E-state index contributed by atoms with van der Waals surface area (Å²) in [7, 11) is 0. The number of Topliss-reactive ketones (excluding diaryl/α,β-unsaturated/α-hetero) is 1. The van der Waals surface area contributed by atoms with Crippen LogP contribution in [0, 0.1) is 0 Å². The van der Waals surface area contributed by atoms with Crippen LogP contribution in [0.5, 0.6) is 0 Å². The molecule has 3 heteroatoms. The van der Waals surface area contributed by atoms with Crippen molar-refractivity contribution in [3.05, 3.63) is 82.9 Å². The van der Waals surface area contributed by atoms with E-state index in [9.17, 15) is 4.79 Å². The van der Waals surface area contributed by atoms with Crippen molar-refractivity contribution < 1.29 is 4.79 Å². The van der Waals surface area contributed by atoms with Gasteiger partial charge >= 0.3 is 0 Å². The van der Waals surface area contributed by atoms with Gasteiger partial charge in [-0.05, 0) is 34.7 Å². The van der Waals surface area contributed by atoms with Gasteiger partial charge in [-0.15, -0.1) is 0 Å². The molecule has 0 fully saturated rings. The van der Waals surface area contributed by atoms with Crippen molar-refractivity contribution in [3.63, 3.8) is 0 Å². The third-order valence-electron chi connectivity index (χ3n) is 4.51. The van der Waals surface area contributed by atoms with Crippen molar-refractivity contribution >= 4 is 22.3 Å². The number of rotatable bonds is 3. The van der Waals surface area contributed by atoms with Crippen molar-refractivity contribution in [2.45, 2.75) is 12.8 Å². The summed E-state index contributed by atoms with van der Waals surface area (Å²) >= 11 is 0. The topological polar surface area (TPSA) is 55.4 Å². The highest BCUT2D eigenvalue weighted by molar-refractivity contribution is 6.52. The van der Waals surface area contributed by atoms with E-state index in [1.165, 1.54) is 16.5 Å². The Morgan fingerprint density at radius 3 is 2.35 bits per heavy atom. The zero-order valence-corrected chi connectivity index (χ0v) is 12.6. The highest BCUT2D eigenvalue weighted by atomic mass is 16.1. The minimum atomic E-state index is -0.130. The van der Waals surface area contributed by atoms with E-state index in [4.69, 9.17) is 5.84 Å². The summed E-state index contributed by atoms with van der Waals surface area (Å²) < 4.78 is 0. The number of hydrogen-bond donors (Lipinski definition) is 1. The molecule has 0 atom stereocenters. The largest absolute Gasteiger partial charge is 0.323 e. The zero-order valence-electron chi connectivity index (χ0n) is 12.6. The number of nitrogens with zero attached hydrogens (tertiary/aromatic N) is 1. The maximum absolute atomic E-state index is 13.0. The number of aryl methyl sites for hydroxylation is 2. The second kappa shape index (κ2) is 5.36. The summed E-state index contributed by atoms with van der Waals surface area (Å²) in [4.78, 5) is 13.0. The first kappa shape index (κ1) is 13.7. The number of hydrazone groups is 1. The molecule has 0 radical (unpaired) electrons. The average molecular weight is 300 g/mol. The van der Waals surface area contributed by atoms with Crippen LogP contribution in [0.4, 0.5) is 0 Å². The van der Waals surface area contributed by atoms with Crippen LogP contribution in [0.2, 0.25) is 0 Å². The molecule has 0 saturated heterocycles. The van der Waals surface area contributed by atoms with E-state index in [0.717, 1.165) is 23.8 Å². The highest BCUT2D eigenvalue weighted by Crippen LogP contribution is 2.33. The Morgan fingerprint density at radius 2 is 1.61 bits per heavy atom. The second-order valence-corrected chi connectivity index (χ2v) is 5.78. The molecule has 1 aliphatic rings. The van der Waals surface area contributed by atoms with Gasteiger partial charge in [-0.25, -0.2) is 0 Å². The molecule has 3 aromatic carbocycles. The van der Waals surface area contributed by atoms with Crippen molar-refractivity contribution in [2.24, 2.45) is 10.9 Å². The van der Waals surface area contributed by atoms with Crippen LogP contribution in [0.25, 0.3) is 10.8 Å². The lowest BCUT2D eigenvalue weighted by molar-refractivity contribution is 0.106. The molecule has 3 nitrogen and oxygen atoms in total. The summed E-state index contributed by atoms with van der Waals surface area (Å²) in [6.07, 6.45) is 2.08. The highest BCUT2D eigenvalue weighted by Gasteiger charge is 2.22. The maximum atomic E-state index is 13.0. The van der Waals surface area contributed by atoms with Crippen LogP contribution in [0.3, 0.4) is 0 Å². The van der Waals surface area contributed by atoms with Crippen LogP contribution in [-0.2, 0) is 12.8 Å². The summed E-state index contributed by atoms with van der Waals surface area (Å²) in [5.74, 6) is 5.40. The van der Waals surface area contributed by atoms with Crippen molar-refractivity contribution in [3.8, 4) is 0 Å². The van der Waals surface area contributed by atoms with Crippen LogP contribution in [-0.4, -0.2) is 11.5 Å². The Kier molecular flexibility index (Phi) is 3.19. The minimum absolute atomic E-state index is 0.130. The molecule has 0 saturated carbocycles.